The first-order chi connectivity index (χ1) is 7.11. The van der Waals surface area contributed by atoms with E-state index >= 15 is 0 Å². The standard InChI is InChI=1S/C8H8N4O3/c9-8(13)11-10-5-6-3-1-2-4-7(6)12(14)15/h1-5H,(H3,9,11,13)/b10-5-. The first kappa shape index (κ1) is 10.6. The number of nitro groups is 1. The van der Waals surface area contributed by atoms with Crippen molar-refractivity contribution in [2.75, 3.05) is 0 Å². The van der Waals surface area contributed by atoms with E-state index in [-0.39, 0.29) is 11.3 Å². The van der Waals surface area contributed by atoms with Crippen LogP contribution in [0.4, 0.5) is 10.5 Å². The molecule has 3 N–H and O–H groups in total. The lowest BCUT2D eigenvalue weighted by atomic mass is 10.2. The molecule has 0 spiro atoms. The van der Waals surface area contributed by atoms with E-state index in [2.05, 4.69) is 5.10 Å². The number of hydrogen-bond donors (Lipinski definition) is 2. The number of rotatable bonds is 3. The summed E-state index contributed by atoms with van der Waals surface area (Å²) in [4.78, 5) is 20.3. The number of carbonyl (C=O) groups excluding carboxylic acids is 1. The minimum Gasteiger partial charge on any atom is -0.350 e. The van der Waals surface area contributed by atoms with Crippen LogP contribution < -0.4 is 11.2 Å². The molecule has 1 aromatic carbocycles. The molecule has 0 bridgehead atoms. The summed E-state index contributed by atoms with van der Waals surface area (Å²) in [6.07, 6.45) is 1.16. The zero-order valence-electron chi connectivity index (χ0n) is 7.58. The Bertz CT molecular complexity index is 416. The average molecular weight is 208 g/mol. The minimum absolute atomic E-state index is 0.0903. The van der Waals surface area contributed by atoms with Crippen LogP contribution in [0.15, 0.2) is 29.4 Å². The molecule has 0 saturated carbocycles. The van der Waals surface area contributed by atoms with Crippen LogP contribution in [0.3, 0.4) is 0 Å². The highest BCUT2D eigenvalue weighted by molar-refractivity contribution is 5.86. The Balaban J connectivity index is 2.89. The molecule has 2 amide bonds. The molecule has 0 radical (unpaired) electrons. The SMILES string of the molecule is NC(=O)N/N=C\c1ccccc1[N+](=O)[O-]. The molecular formula is C8H8N4O3. The monoisotopic (exact) mass is 208 g/mol. The van der Waals surface area contributed by atoms with Crippen LogP contribution in [0.2, 0.25) is 0 Å². The quantitative estimate of drug-likeness (QED) is 0.431. The van der Waals surface area contributed by atoms with Crippen molar-refractivity contribution in [3.8, 4) is 0 Å². The van der Waals surface area contributed by atoms with Crippen molar-refractivity contribution in [2.45, 2.75) is 0 Å². The third-order valence-electron chi connectivity index (χ3n) is 1.51. The summed E-state index contributed by atoms with van der Waals surface area (Å²) in [6, 6.07) is 5.18. The van der Waals surface area contributed by atoms with Gasteiger partial charge in [0.25, 0.3) is 5.69 Å². The summed E-state index contributed by atoms with van der Waals surface area (Å²) in [6.45, 7) is 0. The van der Waals surface area contributed by atoms with E-state index in [1.807, 2.05) is 5.43 Å². The molecule has 0 aliphatic heterocycles. The van der Waals surface area contributed by atoms with Gasteiger partial charge >= 0.3 is 6.03 Å². The Hall–Kier alpha value is -2.44. The van der Waals surface area contributed by atoms with E-state index in [1.165, 1.54) is 18.2 Å². The second-order valence-corrected chi connectivity index (χ2v) is 2.55. The number of para-hydroxylation sites is 1. The van der Waals surface area contributed by atoms with Crippen LogP contribution in [-0.2, 0) is 0 Å². The van der Waals surface area contributed by atoms with Crippen LogP contribution in [0.5, 0.6) is 0 Å². The minimum atomic E-state index is -0.829. The maximum atomic E-state index is 10.6. The van der Waals surface area contributed by atoms with Crippen molar-refractivity contribution in [2.24, 2.45) is 10.8 Å². The van der Waals surface area contributed by atoms with Gasteiger partial charge in [-0.15, -0.1) is 0 Å². The van der Waals surface area contributed by atoms with Gasteiger partial charge in [0.1, 0.15) is 0 Å². The zero-order chi connectivity index (χ0) is 11.3. The molecule has 0 fully saturated rings. The molecule has 0 heterocycles. The van der Waals surface area contributed by atoms with Crippen molar-refractivity contribution < 1.29 is 9.72 Å². The molecule has 78 valence electrons. The lowest BCUT2D eigenvalue weighted by molar-refractivity contribution is -0.385. The van der Waals surface area contributed by atoms with Gasteiger partial charge in [0.2, 0.25) is 0 Å². The summed E-state index contributed by atoms with van der Waals surface area (Å²) in [5.41, 5.74) is 6.90. The summed E-state index contributed by atoms with van der Waals surface area (Å²) < 4.78 is 0. The molecule has 7 nitrogen and oxygen atoms in total. The Morgan fingerprint density at radius 1 is 1.53 bits per heavy atom. The van der Waals surface area contributed by atoms with Gasteiger partial charge in [-0.2, -0.15) is 5.10 Å². The Morgan fingerprint density at radius 3 is 2.80 bits per heavy atom. The van der Waals surface area contributed by atoms with Gasteiger partial charge in [-0.05, 0) is 6.07 Å². The maximum absolute atomic E-state index is 10.6. The number of carbonyl (C=O) groups is 1. The molecule has 0 atom stereocenters. The summed E-state index contributed by atoms with van der Waals surface area (Å²) in [7, 11) is 0. The van der Waals surface area contributed by atoms with Crippen LogP contribution >= 0.6 is 0 Å². The number of urea groups is 1. The lowest BCUT2D eigenvalue weighted by Gasteiger charge is -1.95. The second-order valence-electron chi connectivity index (χ2n) is 2.55. The highest BCUT2D eigenvalue weighted by Gasteiger charge is 2.09. The zero-order valence-corrected chi connectivity index (χ0v) is 7.58. The first-order valence-electron chi connectivity index (χ1n) is 3.93. The highest BCUT2D eigenvalue weighted by Crippen LogP contribution is 2.14. The van der Waals surface area contributed by atoms with Gasteiger partial charge in [0, 0.05) is 6.07 Å². The third-order valence-corrected chi connectivity index (χ3v) is 1.51. The fourth-order valence-electron chi connectivity index (χ4n) is 0.928. The number of nitrogens with zero attached hydrogens (tertiary/aromatic N) is 2. The number of nitrogens with two attached hydrogens (primary N) is 1. The number of nitrogens with one attached hydrogen (secondary N) is 1. The maximum Gasteiger partial charge on any atom is 0.332 e. The van der Waals surface area contributed by atoms with Crippen LogP contribution in [0.1, 0.15) is 5.56 Å². The van der Waals surface area contributed by atoms with E-state index < -0.39 is 11.0 Å². The van der Waals surface area contributed by atoms with E-state index in [0.717, 1.165) is 6.21 Å². The number of amides is 2. The number of hydrazone groups is 1. The van der Waals surface area contributed by atoms with E-state index in [0.29, 0.717) is 0 Å². The number of benzene rings is 1. The largest absolute Gasteiger partial charge is 0.350 e. The Morgan fingerprint density at radius 2 is 2.20 bits per heavy atom. The smallest absolute Gasteiger partial charge is 0.332 e. The van der Waals surface area contributed by atoms with Crippen molar-refractivity contribution in [3.63, 3.8) is 0 Å². The van der Waals surface area contributed by atoms with Gasteiger partial charge in [-0.25, -0.2) is 10.2 Å². The highest BCUT2D eigenvalue weighted by atomic mass is 16.6. The first-order valence-corrected chi connectivity index (χ1v) is 3.93. The fraction of sp³-hybridized carbons (Fsp3) is 0. The predicted octanol–water partition coefficient (Wildman–Crippen LogP) is 0.597. The second kappa shape index (κ2) is 4.70. The van der Waals surface area contributed by atoms with Gasteiger partial charge in [0.05, 0.1) is 16.7 Å². The fourth-order valence-corrected chi connectivity index (χ4v) is 0.928. The molecule has 0 aromatic heterocycles. The van der Waals surface area contributed by atoms with Crippen molar-refractivity contribution in [3.05, 3.63) is 39.9 Å². The van der Waals surface area contributed by atoms with Crippen LogP contribution in [0, 0.1) is 10.1 Å². The van der Waals surface area contributed by atoms with E-state index in [1.54, 1.807) is 6.07 Å². The average Bonchev–Trinajstić information content (AvgIpc) is 2.17. The normalized spacial score (nSPS) is 10.1. The molecule has 1 aromatic rings. The summed E-state index contributed by atoms with van der Waals surface area (Å²) in [5.74, 6) is 0. The summed E-state index contributed by atoms with van der Waals surface area (Å²) in [5, 5.41) is 14.0. The molecule has 0 unspecified atom stereocenters. The molecule has 0 aliphatic carbocycles. The van der Waals surface area contributed by atoms with Crippen molar-refractivity contribution in [1.29, 1.82) is 0 Å². The van der Waals surface area contributed by atoms with E-state index in [4.69, 9.17) is 5.73 Å². The van der Waals surface area contributed by atoms with Crippen LogP contribution in [0.25, 0.3) is 0 Å². The topological polar surface area (TPSA) is 111 Å². The molecule has 1 rings (SSSR count). The molecule has 0 aliphatic rings. The number of hydrogen-bond acceptors (Lipinski definition) is 4. The van der Waals surface area contributed by atoms with Crippen molar-refractivity contribution in [1.82, 2.24) is 5.43 Å². The molecule has 0 saturated heterocycles. The Kier molecular flexibility index (Phi) is 3.33. The Labute approximate surface area is 84.7 Å². The van der Waals surface area contributed by atoms with E-state index in [9.17, 15) is 14.9 Å². The number of nitro benzene ring substituents is 1. The lowest BCUT2D eigenvalue weighted by Crippen LogP contribution is -2.24. The molecule has 7 heteroatoms. The van der Waals surface area contributed by atoms with Crippen LogP contribution in [-0.4, -0.2) is 17.2 Å². The van der Waals surface area contributed by atoms with Crippen molar-refractivity contribution >= 4 is 17.9 Å². The summed E-state index contributed by atoms with van der Waals surface area (Å²) >= 11 is 0. The third kappa shape index (κ3) is 3.07. The number of primary amides is 1. The molecular weight excluding hydrogens is 200 g/mol. The van der Waals surface area contributed by atoms with Gasteiger partial charge in [0.15, 0.2) is 0 Å². The van der Waals surface area contributed by atoms with Gasteiger partial charge in [-0.1, -0.05) is 12.1 Å². The van der Waals surface area contributed by atoms with Gasteiger partial charge in [-0.3, -0.25) is 10.1 Å². The van der Waals surface area contributed by atoms with Gasteiger partial charge < -0.3 is 5.73 Å². The predicted molar refractivity (Wildman–Crippen MR) is 53.4 cm³/mol. The molecule has 15 heavy (non-hydrogen) atoms.